The normalized spacial score (nSPS) is 16.2. The fourth-order valence-electron chi connectivity index (χ4n) is 8.41. The maximum atomic E-state index is 6.19. The van der Waals surface area contributed by atoms with E-state index >= 15 is 0 Å². The standard InChI is InChI=1S/C26H20.C22H15NO.C2H6.CH5N.CH3N/c1-18-21-12-4-5-14-23(21)24-15-6-7-16-25(24)26(18)17-20-11-8-10-19-9-2-3-13-22(19)20;1-3-7-19-14(5-1)18-11-13-9-10-16-15-6-2-4-8-21(15)24-22(16)17(13)12-20(18)23-19;3*1-2/h2-18H,1H3;1-4,6-12,14,23H,5H2;1-2H3;2H2,1H3;2H,1H2/b26-17-;;;;. The van der Waals surface area contributed by atoms with Crippen LogP contribution in [0.25, 0.3) is 66.3 Å². The molecule has 278 valence electrons. The van der Waals surface area contributed by atoms with Gasteiger partial charge >= 0.3 is 0 Å². The number of nitrogens with one attached hydrogen (secondary N) is 2. The van der Waals surface area contributed by atoms with Crippen molar-refractivity contribution in [2.24, 2.45) is 5.73 Å². The molecule has 2 atom stereocenters. The Balaban J connectivity index is 0.000000152. The van der Waals surface area contributed by atoms with Crippen LogP contribution >= 0.6 is 0 Å². The van der Waals surface area contributed by atoms with Gasteiger partial charge in [-0.3, -0.25) is 0 Å². The highest BCUT2D eigenvalue weighted by Crippen LogP contribution is 2.48. The highest BCUT2D eigenvalue weighted by atomic mass is 16.3. The molecule has 0 bridgehead atoms. The molecule has 0 amide bonds. The molecule has 8 aromatic rings. The first kappa shape index (κ1) is 37.8. The van der Waals surface area contributed by atoms with Gasteiger partial charge in [-0.1, -0.05) is 148 Å². The highest BCUT2D eigenvalue weighted by Gasteiger charge is 2.28. The number of fused-ring (bicyclic) bond motifs is 12. The minimum atomic E-state index is 0.375. The van der Waals surface area contributed by atoms with Gasteiger partial charge in [-0.25, -0.2) is 0 Å². The molecule has 0 saturated carbocycles. The van der Waals surface area contributed by atoms with Crippen LogP contribution in [0.5, 0.6) is 0 Å². The molecule has 0 radical (unpaired) electrons. The van der Waals surface area contributed by atoms with Crippen LogP contribution in [0.3, 0.4) is 0 Å². The van der Waals surface area contributed by atoms with Gasteiger partial charge in [0.05, 0.1) is 0 Å². The zero-order valence-electron chi connectivity index (χ0n) is 32.6. The van der Waals surface area contributed by atoms with Crippen molar-refractivity contribution < 1.29 is 4.42 Å². The molecule has 2 unspecified atom stereocenters. The minimum Gasteiger partial charge on any atom is -0.455 e. The first-order valence-corrected chi connectivity index (χ1v) is 19.5. The molecule has 3 aliphatic rings. The summed E-state index contributed by atoms with van der Waals surface area (Å²) in [6.45, 7) is 8.83. The van der Waals surface area contributed by atoms with E-state index in [1.54, 1.807) is 0 Å². The lowest BCUT2D eigenvalue weighted by molar-refractivity contribution is 0.672. The van der Waals surface area contributed by atoms with Crippen LogP contribution in [-0.4, -0.2) is 13.8 Å². The zero-order valence-corrected chi connectivity index (χ0v) is 32.6. The first-order chi connectivity index (χ1) is 27.7. The summed E-state index contributed by atoms with van der Waals surface area (Å²) in [4.78, 5) is 0. The summed E-state index contributed by atoms with van der Waals surface area (Å²) >= 11 is 0. The summed E-state index contributed by atoms with van der Waals surface area (Å²) in [6, 6.07) is 50.1. The number of furan rings is 1. The quantitative estimate of drug-likeness (QED) is 0.147. The molecule has 56 heavy (non-hydrogen) atoms. The third-order valence-corrected chi connectivity index (χ3v) is 10.9. The van der Waals surface area contributed by atoms with E-state index in [0.717, 1.165) is 17.6 Å². The Bertz CT molecular complexity index is 2760. The average molecular weight is 732 g/mol. The summed E-state index contributed by atoms with van der Waals surface area (Å²) in [5.74, 6) is 0.848. The predicted molar refractivity (Wildman–Crippen MR) is 243 cm³/mol. The number of allylic oxidation sites excluding steroid dienone is 5. The molecular weight excluding hydrogens is 683 g/mol. The molecule has 1 aliphatic heterocycles. The molecule has 0 saturated heterocycles. The summed E-state index contributed by atoms with van der Waals surface area (Å²) in [6.07, 6.45) is 10.0. The number of para-hydroxylation sites is 1. The topological polar surface area (TPSA) is 75.0 Å². The van der Waals surface area contributed by atoms with E-state index in [9.17, 15) is 0 Å². The minimum absolute atomic E-state index is 0.375. The van der Waals surface area contributed by atoms with Crippen molar-refractivity contribution in [1.82, 2.24) is 0 Å². The van der Waals surface area contributed by atoms with Gasteiger partial charge in [-0.2, -0.15) is 0 Å². The Hall–Kier alpha value is -6.49. The van der Waals surface area contributed by atoms with E-state index in [1.807, 2.05) is 26.0 Å². The fourth-order valence-corrected chi connectivity index (χ4v) is 8.41. The van der Waals surface area contributed by atoms with Crippen molar-refractivity contribution in [2.75, 3.05) is 12.4 Å². The van der Waals surface area contributed by atoms with Crippen LogP contribution in [0, 0.1) is 5.41 Å². The van der Waals surface area contributed by atoms with Crippen molar-refractivity contribution in [3.05, 3.63) is 186 Å². The number of anilines is 1. The van der Waals surface area contributed by atoms with Crippen LogP contribution < -0.4 is 11.1 Å². The van der Waals surface area contributed by atoms with Crippen molar-refractivity contribution in [3.8, 4) is 11.1 Å². The monoisotopic (exact) mass is 731 g/mol. The molecule has 2 heterocycles. The van der Waals surface area contributed by atoms with E-state index in [1.165, 1.54) is 89.7 Å². The Morgan fingerprint density at radius 3 is 2.16 bits per heavy atom. The van der Waals surface area contributed by atoms with Crippen molar-refractivity contribution in [2.45, 2.75) is 39.0 Å². The smallest absolute Gasteiger partial charge is 0.143 e. The highest BCUT2D eigenvalue weighted by molar-refractivity contribution is 6.16. The summed E-state index contributed by atoms with van der Waals surface area (Å²) in [5, 5.41) is 16.5. The second-order valence-electron chi connectivity index (χ2n) is 13.7. The molecule has 0 spiro atoms. The number of nitrogens with two attached hydrogens (primary N) is 1. The van der Waals surface area contributed by atoms with Crippen LogP contribution in [0.1, 0.15) is 61.3 Å². The average Bonchev–Trinajstić information content (AvgIpc) is 3.85. The molecule has 0 fully saturated rings. The molecule has 1 aromatic heterocycles. The van der Waals surface area contributed by atoms with E-state index in [2.05, 4.69) is 176 Å². The second kappa shape index (κ2) is 16.9. The summed E-state index contributed by atoms with van der Waals surface area (Å²) in [7, 11) is 1.50. The van der Waals surface area contributed by atoms with Gasteiger partial charge < -0.3 is 20.9 Å². The van der Waals surface area contributed by atoms with Crippen molar-refractivity contribution in [3.63, 3.8) is 0 Å². The Kier molecular flexibility index (Phi) is 11.4. The van der Waals surface area contributed by atoms with Crippen LogP contribution in [-0.2, 0) is 0 Å². The number of rotatable bonds is 1. The van der Waals surface area contributed by atoms with E-state index in [-0.39, 0.29) is 0 Å². The van der Waals surface area contributed by atoms with Crippen molar-refractivity contribution >= 4 is 67.5 Å². The fraction of sp³-hybridized carbons (Fsp3) is 0.135. The molecule has 4 N–H and O–H groups in total. The predicted octanol–water partition coefficient (Wildman–Crippen LogP) is 14.1. The maximum Gasteiger partial charge on any atom is 0.143 e. The Labute approximate surface area is 330 Å². The SMILES string of the molecule is C1=CCC2C(=C1)Nc1cc3c(ccc4c5ccccc5oc34)cc12.C=N.CC.CC1/C(=C/c2cccc3ccccc23)c2ccccc2-c2ccccc21.CN. The lowest BCUT2D eigenvalue weighted by Gasteiger charge is -2.28. The van der Waals surface area contributed by atoms with Gasteiger partial charge in [0.2, 0.25) is 0 Å². The van der Waals surface area contributed by atoms with Gasteiger partial charge in [0.25, 0.3) is 0 Å². The second-order valence-corrected chi connectivity index (χ2v) is 13.7. The summed E-state index contributed by atoms with van der Waals surface area (Å²) < 4.78 is 6.19. The number of hydrogen-bond acceptors (Lipinski definition) is 4. The van der Waals surface area contributed by atoms with E-state index < -0.39 is 0 Å². The molecule has 11 rings (SSSR count). The largest absolute Gasteiger partial charge is 0.455 e. The first-order valence-electron chi connectivity index (χ1n) is 19.5. The molecule has 4 nitrogen and oxygen atoms in total. The maximum absolute atomic E-state index is 6.19. The van der Waals surface area contributed by atoms with Crippen molar-refractivity contribution in [1.29, 1.82) is 5.41 Å². The molecule has 7 aromatic carbocycles. The van der Waals surface area contributed by atoms with Gasteiger partial charge in [0.1, 0.15) is 11.2 Å². The lowest BCUT2D eigenvalue weighted by Crippen LogP contribution is -2.07. The third-order valence-electron chi connectivity index (χ3n) is 10.9. The van der Waals surface area contributed by atoms with Crippen LogP contribution in [0.15, 0.2) is 168 Å². The third kappa shape index (κ3) is 6.74. The molecule has 2 aliphatic carbocycles. The molecular formula is C52H49N3O. The van der Waals surface area contributed by atoms with Crippen LogP contribution in [0.2, 0.25) is 0 Å². The van der Waals surface area contributed by atoms with Gasteiger partial charge in [0, 0.05) is 39.4 Å². The number of benzene rings is 7. The lowest BCUT2D eigenvalue weighted by atomic mass is 9.75. The van der Waals surface area contributed by atoms with E-state index in [4.69, 9.17) is 9.83 Å². The van der Waals surface area contributed by atoms with Crippen LogP contribution in [0.4, 0.5) is 5.69 Å². The Morgan fingerprint density at radius 2 is 1.34 bits per heavy atom. The Morgan fingerprint density at radius 1 is 0.661 bits per heavy atom. The van der Waals surface area contributed by atoms with E-state index in [0.29, 0.717) is 11.8 Å². The number of hydrogen-bond donors (Lipinski definition) is 3. The van der Waals surface area contributed by atoms with Gasteiger partial charge in [-0.05, 0) is 112 Å². The molecule has 4 heteroatoms. The van der Waals surface area contributed by atoms with Gasteiger partial charge in [-0.15, -0.1) is 0 Å². The zero-order chi connectivity index (χ0) is 39.2. The summed E-state index contributed by atoms with van der Waals surface area (Å²) in [5.41, 5.74) is 18.5. The van der Waals surface area contributed by atoms with Gasteiger partial charge in [0.15, 0.2) is 0 Å².